The molecule has 0 spiro atoms. The van der Waals surface area contributed by atoms with Gasteiger partial charge in [-0.3, -0.25) is 4.79 Å². The van der Waals surface area contributed by atoms with Gasteiger partial charge in [0.15, 0.2) is 5.78 Å². The zero-order chi connectivity index (χ0) is 10.7. The van der Waals surface area contributed by atoms with Crippen LogP contribution >= 0.6 is 27.5 Å². The number of aromatic hydroxyl groups is 1. The van der Waals surface area contributed by atoms with Crippen LogP contribution in [0.25, 0.3) is 0 Å². The number of alkyl halides is 2. The van der Waals surface area contributed by atoms with Crippen LogP contribution < -0.4 is 0 Å². The first-order chi connectivity index (χ1) is 6.54. The Balaban J connectivity index is 3.09. The SMILES string of the molecule is CC(Br)C(=O)c1cc(O)cc(CCl)c1. The molecular formula is C10H10BrClO2. The largest absolute Gasteiger partial charge is 0.508 e. The topological polar surface area (TPSA) is 37.3 Å². The second kappa shape index (κ2) is 4.80. The van der Waals surface area contributed by atoms with Crippen molar-refractivity contribution in [3.8, 4) is 5.75 Å². The van der Waals surface area contributed by atoms with Crippen molar-refractivity contribution in [1.29, 1.82) is 0 Å². The molecule has 0 radical (unpaired) electrons. The molecule has 76 valence electrons. The van der Waals surface area contributed by atoms with Crippen molar-refractivity contribution in [2.24, 2.45) is 0 Å². The van der Waals surface area contributed by atoms with E-state index in [9.17, 15) is 9.90 Å². The Hall–Kier alpha value is -0.540. The summed E-state index contributed by atoms with van der Waals surface area (Å²) in [5, 5.41) is 9.33. The molecule has 1 atom stereocenters. The first-order valence-electron chi connectivity index (χ1n) is 4.11. The molecule has 1 aromatic rings. The number of phenolic OH excluding ortho intramolecular Hbond substituents is 1. The molecule has 0 saturated carbocycles. The normalized spacial score (nSPS) is 12.5. The van der Waals surface area contributed by atoms with Crippen LogP contribution in [0.4, 0.5) is 0 Å². The zero-order valence-corrected chi connectivity index (χ0v) is 9.97. The number of halogens is 2. The van der Waals surface area contributed by atoms with Crippen molar-refractivity contribution >= 4 is 33.3 Å². The predicted molar refractivity (Wildman–Crippen MR) is 60.4 cm³/mol. The minimum atomic E-state index is -0.257. The van der Waals surface area contributed by atoms with E-state index in [4.69, 9.17) is 11.6 Å². The number of hydrogen-bond donors (Lipinski definition) is 1. The van der Waals surface area contributed by atoms with Gasteiger partial charge in [-0.1, -0.05) is 15.9 Å². The van der Waals surface area contributed by atoms with E-state index >= 15 is 0 Å². The standard InChI is InChI=1S/C10H10BrClO2/c1-6(11)10(14)8-2-7(5-12)3-9(13)4-8/h2-4,6,13H,5H2,1H3. The number of carbonyl (C=O) groups is 1. The predicted octanol–water partition coefficient (Wildman–Crippen LogP) is 3.10. The van der Waals surface area contributed by atoms with E-state index in [-0.39, 0.29) is 22.2 Å². The third-order valence-corrected chi connectivity index (χ3v) is 2.50. The first-order valence-corrected chi connectivity index (χ1v) is 5.57. The van der Waals surface area contributed by atoms with Crippen molar-refractivity contribution in [2.45, 2.75) is 17.6 Å². The summed E-state index contributed by atoms with van der Waals surface area (Å²) in [6.07, 6.45) is 0. The van der Waals surface area contributed by atoms with E-state index in [0.29, 0.717) is 5.56 Å². The molecule has 0 bridgehead atoms. The van der Waals surface area contributed by atoms with Gasteiger partial charge >= 0.3 is 0 Å². The molecule has 14 heavy (non-hydrogen) atoms. The smallest absolute Gasteiger partial charge is 0.176 e. The fraction of sp³-hybridized carbons (Fsp3) is 0.300. The fourth-order valence-corrected chi connectivity index (χ4v) is 1.54. The van der Waals surface area contributed by atoms with Gasteiger partial charge in [-0.15, -0.1) is 11.6 Å². The minimum absolute atomic E-state index is 0.0627. The van der Waals surface area contributed by atoms with Crippen LogP contribution in [0.2, 0.25) is 0 Å². The maximum atomic E-state index is 11.6. The number of rotatable bonds is 3. The van der Waals surface area contributed by atoms with Gasteiger partial charge in [0.2, 0.25) is 0 Å². The molecule has 0 aromatic heterocycles. The maximum Gasteiger partial charge on any atom is 0.176 e. The molecule has 1 N–H and O–H groups in total. The Kier molecular flexibility index (Phi) is 3.96. The summed E-state index contributed by atoms with van der Waals surface area (Å²) < 4.78 is 0. The molecule has 1 unspecified atom stereocenters. The molecule has 0 fully saturated rings. The first kappa shape index (κ1) is 11.5. The van der Waals surface area contributed by atoms with Crippen LogP contribution in [-0.2, 0) is 5.88 Å². The number of ketones is 1. The number of carbonyl (C=O) groups excluding carboxylic acids is 1. The summed E-state index contributed by atoms with van der Waals surface area (Å²) in [6.45, 7) is 1.74. The van der Waals surface area contributed by atoms with Gasteiger partial charge in [0.05, 0.1) is 4.83 Å². The molecule has 0 aliphatic rings. The average Bonchev–Trinajstić information content (AvgIpc) is 2.15. The molecule has 0 heterocycles. The number of phenols is 1. The Bertz CT molecular complexity index is 350. The highest BCUT2D eigenvalue weighted by Gasteiger charge is 2.13. The van der Waals surface area contributed by atoms with Gasteiger partial charge in [-0.25, -0.2) is 0 Å². The van der Waals surface area contributed by atoms with Crippen LogP contribution in [0.1, 0.15) is 22.8 Å². The van der Waals surface area contributed by atoms with Gasteiger partial charge in [0, 0.05) is 11.4 Å². The van der Waals surface area contributed by atoms with Crippen molar-refractivity contribution in [1.82, 2.24) is 0 Å². The summed E-state index contributed by atoms with van der Waals surface area (Å²) in [4.78, 5) is 11.3. The lowest BCUT2D eigenvalue weighted by molar-refractivity contribution is 0.0995. The highest BCUT2D eigenvalue weighted by atomic mass is 79.9. The summed E-state index contributed by atoms with van der Waals surface area (Å²) in [5.74, 6) is 0.289. The second-order valence-corrected chi connectivity index (χ2v) is 4.64. The second-order valence-electron chi connectivity index (χ2n) is 3.00. The highest BCUT2D eigenvalue weighted by molar-refractivity contribution is 9.10. The summed E-state index contributed by atoms with van der Waals surface area (Å²) in [7, 11) is 0. The van der Waals surface area contributed by atoms with Crippen molar-refractivity contribution in [2.75, 3.05) is 0 Å². The lowest BCUT2D eigenvalue weighted by atomic mass is 10.1. The van der Waals surface area contributed by atoms with E-state index in [1.807, 2.05) is 0 Å². The Labute approximate surface area is 96.0 Å². The maximum absolute atomic E-state index is 11.6. The van der Waals surface area contributed by atoms with Gasteiger partial charge in [0.25, 0.3) is 0 Å². The number of hydrogen-bond acceptors (Lipinski definition) is 2. The third-order valence-electron chi connectivity index (χ3n) is 1.78. The lowest BCUT2D eigenvalue weighted by Gasteiger charge is -2.05. The van der Waals surface area contributed by atoms with Crippen molar-refractivity contribution in [3.63, 3.8) is 0 Å². The van der Waals surface area contributed by atoms with Crippen LogP contribution in [0.15, 0.2) is 18.2 Å². The molecular weight excluding hydrogens is 267 g/mol. The van der Waals surface area contributed by atoms with Gasteiger partial charge in [-0.05, 0) is 30.7 Å². The minimum Gasteiger partial charge on any atom is -0.508 e. The van der Waals surface area contributed by atoms with Crippen LogP contribution in [-0.4, -0.2) is 15.7 Å². The summed E-state index contributed by atoms with van der Waals surface area (Å²) in [6, 6.07) is 4.67. The Morgan fingerprint density at radius 1 is 1.57 bits per heavy atom. The van der Waals surface area contributed by atoms with E-state index in [1.165, 1.54) is 6.07 Å². The Morgan fingerprint density at radius 3 is 2.71 bits per heavy atom. The molecule has 4 heteroatoms. The monoisotopic (exact) mass is 276 g/mol. The number of Topliss-reactive ketones (excluding diaryl/α,β-unsaturated/α-hetero) is 1. The molecule has 0 aliphatic heterocycles. The quantitative estimate of drug-likeness (QED) is 0.681. The summed E-state index contributed by atoms with van der Waals surface area (Å²) in [5.41, 5.74) is 1.22. The van der Waals surface area contributed by atoms with Crippen LogP contribution in [0, 0.1) is 0 Å². The van der Waals surface area contributed by atoms with E-state index < -0.39 is 0 Å². The summed E-state index contributed by atoms with van der Waals surface area (Å²) >= 11 is 8.80. The van der Waals surface area contributed by atoms with E-state index in [2.05, 4.69) is 15.9 Å². The highest BCUT2D eigenvalue weighted by Crippen LogP contribution is 2.19. The molecule has 0 amide bonds. The molecule has 0 aliphatic carbocycles. The molecule has 2 nitrogen and oxygen atoms in total. The zero-order valence-electron chi connectivity index (χ0n) is 7.63. The van der Waals surface area contributed by atoms with Crippen molar-refractivity contribution < 1.29 is 9.90 Å². The lowest BCUT2D eigenvalue weighted by Crippen LogP contribution is -2.10. The van der Waals surface area contributed by atoms with Crippen LogP contribution in [0.3, 0.4) is 0 Å². The third kappa shape index (κ3) is 2.72. The van der Waals surface area contributed by atoms with Gasteiger partial charge < -0.3 is 5.11 Å². The van der Waals surface area contributed by atoms with Gasteiger partial charge in [0.1, 0.15) is 5.75 Å². The molecule has 1 aromatic carbocycles. The van der Waals surface area contributed by atoms with Gasteiger partial charge in [-0.2, -0.15) is 0 Å². The molecule has 1 rings (SSSR count). The van der Waals surface area contributed by atoms with E-state index in [1.54, 1.807) is 19.1 Å². The Morgan fingerprint density at radius 2 is 2.21 bits per heavy atom. The number of benzene rings is 1. The van der Waals surface area contributed by atoms with Crippen molar-refractivity contribution in [3.05, 3.63) is 29.3 Å². The average molecular weight is 278 g/mol. The fourth-order valence-electron chi connectivity index (χ4n) is 1.12. The van der Waals surface area contributed by atoms with Crippen LogP contribution in [0.5, 0.6) is 5.75 Å². The molecule has 0 saturated heterocycles. The van der Waals surface area contributed by atoms with E-state index in [0.717, 1.165) is 5.56 Å².